The molecule has 0 bridgehead atoms. The van der Waals surface area contributed by atoms with Gasteiger partial charge in [0.05, 0.1) is 5.56 Å². The van der Waals surface area contributed by atoms with E-state index in [1.165, 1.54) is 0 Å². The summed E-state index contributed by atoms with van der Waals surface area (Å²) in [7, 11) is 0. The molecule has 0 radical (unpaired) electrons. The number of rotatable bonds is 1. The molecule has 1 aromatic rings. The highest BCUT2D eigenvalue weighted by Gasteiger charge is 2.22. The van der Waals surface area contributed by atoms with Crippen LogP contribution < -0.4 is 5.32 Å². The molecule has 0 atom stereocenters. The van der Waals surface area contributed by atoms with Gasteiger partial charge in [0.25, 0.3) is 5.91 Å². The molecule has 0 aromatic heterocycles. The number of carbonyl (C=O) groups excluding carboxylic acids is 2. The van der Waals surface area contributed by atoms with E-state index in [2.05, 4.69) is 73.1 Å². The van der Waals surface area contributed by atoms with E-state index in [9.17, 15) is 9.59 Å². The molecule has 0 spiro atoms. The number of amides is 2. The fourth-order valence-corrected chi connectivity index (χ4v) is 4.24. The maximum absolute atomic E-state index is 12.6. The van der Waals surface area contributed by atoms with Crippen molar-refractivity contribution in [3.63, 3.8) is 0 Å². The van der Waals surface area contributed by atoms with E-state index >= 15 is 0 Å². The Hall–Kier alpha value is 0.350. The summed E-state index contributed by atoms with van der Waals surface area (Å²) in [6, 6.07) is 3.96. The second-order valence-electron chi connectivity index (χ2n) is 4.14. The topological polar surface area (TPSA) is 49.4 Å². The molecule has 0 aliphatic carbocycles. The quantitative estimate of drug-likeness (QED) is 0.401. The van der Waals surface area contributed by atoms with Crippen molar-refractivity contribution in [2.45, 2.75) is 6.42 Å². The molecule has 0 unspecified atom stereocenters. The van der Waals surface area contributed by atoms with Gasteiger partial charge in [-0.25, -0.2) is 0 Å². The van der Waals surface area contributed by atoms with Gasteiger partial charge in [-0.15, -0.1) is 0 Å². The molecule has 1 saturated heterocycles. The monoisotopic (exact) mass is 596 g/mol. The first-order chi connectivity index (χ1) is 8.99. The van der Waals surface area contributed by atoms with Crippen molar-refractivity contribution in [3.8, 4) is 0 Å². The Kier molecular flexibility index (Phi) is 5.69. The van der Waals surface area contributed by atoms with Gasteiger partial charge in [0, 0.05) is 36.8 Å². The van der Waals surface area contributed by atoms with E-state index in [-0.39, 0.29) is 11.8 Å². The second-order valence-corrected chi connectivity index (χ2v) is 7.63. The Morgan fingerprint density at radius 1 is 1.21 bits per heavy atom. The lowest BCUT2D eigenvalue weighted by molar-refractivity contribution is -0.120. The van der Waals surface area contributed by atoms with Gasteiger partial charge < -0.3 is 10.2 Å². The van der Waals surface area contributed by atoms with Crippen molar-refractivity contribution in [1.29, 1.82) is 0 Å². The zero-order chi connectivity index (χ0) is 14.0. The van der Waals surface area contributed by atoms with E-state index in [1.54, 1.807) is 4.90 Å². The van der Waals surface area contributed by atoms with Crippen LogP contribution in [0.1, 0.15) is 16.8 Å². The van der Waals surface area contributed by atoms with E-state index in [0.29, 0.717) is 26.1 Å². The Morgan fingerprint density at radius 2 is 1.95 bits per heavy atom. The second kappa shape index (κ2) is 6.87. The van der Waals surface area contributed by atoms with Crippen molar-refractivity contribution < 1.29 is 9.59 Å². The maximum Gasteiger partial charge on any atom is 0.255 e. The summed E-state index contributed by atoms with van der Waals surface area (Å²) in [4.78, 5) is 25.6. The Morgan fingerprint density at radius 3 is 2.68 bits per heavy atom. The third-order valence-electron chi connectivity index (χ3n) is 2.82. The number of carbonyl (C=O) groups is 2. The lowest BCUT2D eigenvalue weighted by Gasteiger charge is -2.20. The average Bonchev–Trinajstić information content (AvgIpc) is 2.58. The average molecular weight is 596 g/mol. The summed E-state index contributed by atoms with van der Waals surface area (Å²) in [5, 5.41) is 2.78. The van der Waals surface area contributed by atoms with E-state index in [4.69, 9.17) is 0 Å². The molecule has 1 fully saturated rings. The minimum Gasteiger partial charge on any atom is -0.354 e. The largest absolute Gasteiger partial charge is 0.354 e. The van der Waals surface area contributed by atoms with Crippen LogP contribution in [0.3, 0.4) is 0 Å². The van der Waals surface area contributed by atoms with Gasteiger partial charge in [0.15, 0.2) is 0 Å². The van der Waals surface area contributed by atoms with Crippen LogP contribution in [0.2, 0.25) is 0 Å². The van der Waals surface area contributed by atoms with Gasteiger partial charge >= 0.3 is 0 Å². The van der Waals surface area contributed by atoms with E-state index < -0.39 is 0 Å². The highest BCUT2D eigenvalue weighted by atomic mass is 127. The fraction of sp³-hybridized carbons (Fsp3) is 0.333. The first-order valence-corrected chi connectivity index (χ1v) is 8.93. The first kappa shape index (κ1) is 15.7. The van der Waals surface area contributed by atoms with Gasteiger partial charge in [0.2, 0.25) is 5.91 Å². The smallest absolute Gasteiger partial charge is 0.255 e. The third kappa shape index (κ3) is 3.93. The number of nitrogens with zero attached hydrogens (tertiary/aromatic N) is 1. The molecule has 1 aliphatic rings. The lowest BCUT2D eigenvalue weighted by atomic mass is 10.2. The molecule has 1 aliphatic heterocycles. The summed E-state index contributed by atoms with van der Waals surface area (Å²) in [6.07, 6.45) is 0.378. The van der Waals surface area contributed by atoms with E-state index in [1.807, 2.05) is 12.1 Å². The van der Waals surface area contributed by atoms with Gasteiger partial charge in [-0.2, -0.15) is 0 Å². The van der Waals surface area contributed by atoms with Gasteiger partial charge in [0.1, 0.15) is 0 Å². The van der Waals surface area contributed by atoms with Crippen molar-refractivity contribution >= 4 is 79.6 Å². The van der Waals surface area contributed by atoms with Crippen LogP contribution >= 0.6 is 67.8 Å². The molecule has 1 aromatic carbocycles. The Bertz CT molecular complexity index is 534. The number of nitrogens with one attached hydrogen (secondary N) is 1. The van der Waals surface area contributed by atoms with Crippen LogP contribution in [-0.2, 0) is 4.79 Å². The molecule has 0 saturated carbocycles. The molecule has 7 heteroatoms. The van der Waals surface area contributed by atoms with Crippen LogP contribution in [-0.4, -0.2) is 36.3 Å². The molecular weight excluding hydrogens is 585 g/mol. The highest BCUT2D eigenvalue weighted by molar-refractivity contribution is 14.1. The maximum atomic E-state index is 12.6. The number of hydrogen-bond donors (Lipinski definition) is 1. The van der Waals surface area contributed by atoms with Crippen molar-refractivity contribution in [3.05, 3.63) is 28.4 Å². The SMILES string of the molecule is O=C1CCN(C(=O)c2cc(I)cc(I)c2I)CCN1. The molecular formula is C12H11I3N2O2. The number of hydrogen-bond acceptors (Lipinski definition) is 2. The normalized spacial score (nSPS) is 15.9. The van der Waals surface area contributed by atoms with Crippen LogP contribution in [0.15, 0.2) is 12.1 Å². The van der Waals surface area contributed by atoms with Crippen LogP contribution in [0.25, 0.3) is 0 Å². The molecule has 2 amide bonds. The Labute approximate surface area is 152 Å². The first-order valence-electron chi connectivity index (χ1n) is 5.69. The summed E-state index contributed by atoms with van der Waals surface area (Å²) >= 11 is 6.66. The zero-order valence-electron chi connectivity index (χ0n) is 9.88. The number of benzene rings is 1. The molecule has 2 rings (SSSR count). The summed E-state index contributed by atoms with van der Waals surface area (Å²) in [6.45, 7) is 1.59. The van der Waals surface area contributed by atoms with Gasteiger partial charge in [-0.3, -0.25) is 9.59 Å². The molecule has 1 heterocycles. The molecule has 19 heavy (non-hydrogen) atoms. The third-order valence-corrected chi connectivity index (χ3v) is 6.49. The zero-order valence-corrected chi connectivity index (χ0v) is 16.4. The predicted octanol–water partition coefficient (Wildman–Crippen LogP) is 2.46. The summed E-state index contributed by atoms with van der Waals surface area (Å²) < 4.78 is 3.11. The fourth-order valence-electron chi connectivity index (χ4n) is 1.85. The van der Waals surface area contributed by atoms with Gasteiger partial charge in [-0.1, -0.05) is 0 Å². The van der Waals surface area contributed by atoms with E-state index in [0.717, 1.165) is 16.3 Å². The summed E-state index contributed by atoms with van der Waals surface area (Å²) in [5.41, 5.74) is 0.728. The Balaban J connectivity index is 2.26. The molecule has 1 N–H and O–H groups in total. The van der Waals surface area contributed by atoms with Crippen molar-refractivity contribution in [1.82, 2.24) is 10.2 Å². The van der Waals surface area contributed by atoms with Crippen LogP contribution in [0.5, 0.6) is 0 Å². The number of halogens is 3. The minimum atomic E-state index is 0.0114. The summed E-state index contributed by atoms with van der Waals surface area (Å²) in [5.74, 6) is 0.0274. The lowest BCUT2D eigenvalue weighted by Crippen LogP contribution is -2.34. The molecule has 4 nitrogen and oxygen atoms in total. The highest BCUT2D eigenvalue weighted by Crippen LogP contribution is 2.24. The van der Waals surface area contributed by atoms with Gasteiger partial charge in [-0.05, 0) is 79.9 Å². The van der Waals surface area contributed by atoms with Crippen molar-refractivity contribution in [2.24, 2.45) is 0 Å². The van der Waals surface area contributed by atoms with Crippen LogP contribution in [0.4, 0.5) is 0 Å². The molecule has 102 valence electrons. The minimum absolute atomic E-state index is 0.0114. The standard InChI is InChI=1S/C12H11I3N2O2/c13-7-5-8(11(15)9(14)6-7)12(19)17-3-1-10(18)16-2-4-17/h5-6H,1-4H2,(H,16,18). The van der Waals surface area contributed by atoms with Crippen molar-refractivity contribution in [2.75, 3.05) is 19.6 Å². The van der Waals surface area contributed by atoms with Crippen LogP contribution in [0, 0.1) is 10.7 Å². The predicted molar refractivity (Wildman–Crippen MR) is 98.1 cm³/mol.